The van der Waals surface area contributed by atoms with Gasteiger partial charge in [0.1, 0.15) is 28.6 Å². The maximum atomic E-state index is 13.6. The van der Waals surface area contributed by atoms with Gasteiger partial charge in [0.05, 0.1) is 15.4 Å². The number of ether oxygens (including phenoxy) is 2. The van der Waals surface area contributed by atoms with Gasteiger partial charge in [0.2, 0.25) is 9.84 Å². The molecule has 0 bridgehead atoms. The summed E-state index contributed by atoms with van der Waals surface area (Å²) in [4.78, 5) is 0.330. The Labute approximate surface area is 326 Å². The van der Waals surface area contributed by atoms with Crippen LogP contribution in [0.15, 0.2) is 155 Å². The smallest absolute Gasteiger partial charge is 0.206 e. The first-order chi connectivity index (χ1) is 25.8. The van der Waals surface area contributed by atoms with Crippen LogP contribution < -0.4 is 9.47 Å². The van der Waals surface area contributed by atoms with Gasteiger partial charge in [0.25, 0.3) is 0 Å². The summed E-state index contributed by atoms with van der Waals surface area (Å²) in [6.07, 6.45) is 0. The minimum absolute atomic E-state index is 0.164. The quantitative estimate of drug-likeness (QED) is 0.129. The SMILES string of the molecule is CC(C)(O)c1ccc(C(C)(C)c2ccc(Oc3ccc(S(=O)(=O)c4ccc(OC(C)(C)c5ccc(C(C)(C)c6ccc(O)cc6)cc5)cc4)cc3)cc2)cc1. The number of aromatic hydroxyl groups is 1. The van der Waals surface area contributed by atoms with Crippen molar-refractivity contribution in [2.24, 2.45) is 0 Å². The number of aliphatic hydroxyl groups is 1. The summed E-state index contributed by atoms with van der Waals surface area (Å²) in [5, 5.41) is 20.0. The highest BCUT2D eigenvalue weighted by Gasteiger charge is 2.28. The van der Waals surface area contributed by atoms with Crippen LogP contribution >= 0.6 is 0 Å². The minimum Gasteiger partial charge on any atom is -0.508 e. The molecule has 6 aromatic carbocycles. The Bertz CT molecular complexity index is 2330. The molecule has 0 atom stereocenters. The second-order valence-electron chi connectivity index (χ2n) is 16.2. The predicted octanol–water partition coefficient (Wildman–Crippen LogP) is 11.2. The van der Waals surface area contributed by atoms with Gasteiger partial charge in [-0.05, 0) is 134 Å². The summed E-state index contributed by atoms with van der Waals surface area (Å²) in [6, 6.07) is 44.5. The van der Waals surface area contributed by atoms with Crippen molar-refractivity contribution in [2.45, 2.75) is 87.2 Å². The molecule has 2 N–H and O–H groups in total. The molecule has 0 aliphatic heterocycles. The van der Waals surface area contributed by atoms with E-state index in [0.717, 1.165) is 33.4 Å². The highest BCUT2D eigenvalue weighted by Crippen LogP contribution is 2.37. The molecule has 0 saturated heterocycles. The number of phenolic OH excluding ortho intramolecular Hbond substituents is 1. The first kappa shape index (κ1) is 39.3. The maximum Gasteiger partial charge on any atom is 0.206 e. The molecule has 0 fully saturated rings. The second kappa shape index (κ2) is 14.7. The molecular weight excluding hydrogens is 705 g/mol. The van der Waals surface area contributed by atoms with Crippen molar-refractivity contribution < 1.29 is 28.1 Å². The van der Waals surface area contributed by atoms with E-state index in [2.05, 4.69) is 64.1 Å². The molecule has 0 saturated carbocycles. The molecule has 0 aliphatic carbocycles. The Morgan fingerprint density at radius 2 is 0.727 bits per heavy atom. The van der Waals surface area contributed by atoms with Crippen molar-refractivity contribution in [1.82, 2.24) is 0 Å². The van der Waals surface area contributed by atoms with Gasteiger partial charge in [-0.15, -0.1) is 0 Å². The molecule has 7 heteroatoms. The van der Waals surface area contributed by atoms with Crippen molar-refractivity contribution in [3.05, 3.63) is 179 Å². The molecule has 0 heterocycles. The molecule has 0 unspecified atom stereocenters. The Kier molecular flexibility index (Phi) is 10.5. The number of hydrogen-bond donors (Lipinski definition) is 2. The van der Waals surface area contributed by atoms with Gasteiger partial charge in [-0.1, -0.05) is 100 Å². The van der Waals surface area contributed by atoms with E-state index in [1.165, 1.54) is 0 Å². The fourth-order valence-electron chi connectivity index (χ4n) is 6.73. The monoisotopic (exact) mass is 754 g/mol. The van der Waals surface area contributed by atoms with Crippen LogP contribution in [0, 0.1) is 0 Å². The molecule has 6 rings (SSSR count). The van der Waals surface area contributed by atoms with Crippen LogP contribution in [0.5, 0.6) is 23.0 Å². The third-order valence-corrected chi connectivity index (χ3v) is 12.4. The van der Waals surface area contributed by atoms with Crippen LogP contribution in [0.1, 0.15) is 88.8 Å². The molecule has 0 amide bonds. The van der Waals surface area contributed by atoms with Crippen molar-refractivity contribution >= 4 is 9.84 Å². The molecule has 0 aliphatic rings. The van der Waals surface area contributed by atoms with E-state index in [1.54, 1.807) is 74.5 Å². The van der Waals surface area contributed by atoms with E-state index >= 15 is 0 Å². The highest BCUT2D eigenvalue weighted by atomic mass is 32.2. The number of phenols is 1. The van der Waals surface area contributed by atoms with Crippen molar-refractivity contribution in [3.8, 4) is 23.0 Å². The zero-order valence-electron chi connectivity index (χ0n) is 32.8. The van der Waals surface area contributed by atoms with Crippen molar-refractivity contribution in [1.29, 1.82) is 0 Å². The average Bonchev–Trinajstić information content (AvgIpc) is 3.15. The number of sulfone groups is 1. The van der Waals surface area contributed by atoms with Crippen LogP contribution in [0.25, 0.3) is 0 Å². The van der Waals surface area contributed by atoms with Crippen LogP contribution in [0.2, 0.25) is 0 Å². The van der Waals surface area contributed by atoms with Crippen molar-refractivity contribution in [2.75, 3.05) is 0 Å². The molecule has 0 aromatic heterocycles. The van der Waals surface area contributed by atoms with E-state index in [0.29, 0.717) is 17.2 Å². The van der Waals surface area contributed by atoms with Crippen LogP contribution in [-0.4, -0.2) is 18.6 Å². The molecular formula is C48H50O6S. The normalized spacial score (nSPS) is 12.7. The molecule has 6 nitrogen and oxygen atoms in total. The zero-order chi connectivity index (χ0) is 39.8. The first-order valence-corrected chi connectivity index (χ1v) is 19.9. The van der Waals surface area contributed by atoms with Gasteiger partial charge >= 0.3 is 0 Å². The largest absolute Gasteiger partial charge is 0.508 e. The van der Waals surface area contributed by atoms with Gasteiger partial charge in [0.15, 0.2) is 0 Å². The van der Waals surface area contributed by atoms with Gasteiger partial charge < -0.3 is 19.7 Å². The van der Waals surface area contributed by atoms with Crippen molar-refractivity contribution in [3.63, 3.8) is 0 Å². The summed E-state index contributed by atoms with van der Waals surface area (Å²) in [6.45, 7) is 16.1. The lowest BCUT2D eigenvalue weighted by Crippen LogP contribution is -2.26. The first-order valence-electron chi connectivity index (χ1n) is 18.4. The lowest BCUT2D eigenvalue weighted by atomic mass is 9.77. The zero-order valence-corrected chi connectivity index (χ0v) is 33.6. The molecule has 55 heavy (non-hydrogen) atoms. The number of rotatable bonds is 12. The molecule has 0 spiro atoms. The average molecular weight is 755 g/mol. The summed E-state index contributed by atoms with van der Waals surface area (Å²) in [5.74, 6) is 1.96. The topological polar surface area (TPSA) is 93.1 Å². The predicted molar refractivity (Wildman–Crippen MR) is 219 cm³/mol. The Hall–Kier alpha value is -5.37. The Morgan fingerprint density at radius 3 is 1.13 bits per heavy atom. The van der Waals surface area contributed by atoms with Gasteiger partial charge in [-0.2, -0.15) is 0 Å². The highest BCUT2D eigenvalue weighted by molar-refractivity contribution is 7.91. The number of benzene rings is 6. The summed E-state index contributed by atoms with van der Waals surface area (Å²) in [7, 11) is -3.78. The fourth-order valence-corrected chi connectivity index (χ4v) is 7.99. The second-order valence-corrected chi connectivity index (χ2v) is 18.1. The minimum atomic E-state index is -3.78. The molecule has 284 valence electrons. The van der Waals surface area contributed by atoms with E-state index in [-0.39, 0.29) is 26.4 Å². The summed E-state index contributed by atoms with van der Waals surface area (Å²) in [5.41, 5.74) is 4.21. The van der Waals surface area contributed by atoms with Gasteiger partial charge in [-0.3, -0.25) is 0 Å². The summed E-state index contributed by atoms with van der Waals surface area (Å²) >= 11 is 0. The van der Waals surface area contributed by atoms with Gasteiger partial charge in [0, 0.05) is 10.8 Å². The third kappa shape index (κ3) is 8.49. The standard InChI is InChI=1S/C48H50O6S/c1-45(2,35-17-21-39(49)22-18-35)34-11-15-38(16-12-34)48(7,8)54-42-27-31-44(32-28-42)55(51,52)43-29-25-41(26-30-43)53-40-23-19-36(20-24-40)46(3,4)33-9-13-37(14-10-33)47(5,6)50/h9-32,49-50H,1-8H3. The van der Waals surface area contributed by atoms with Crippen LogP contribution in [0.4, 0.5) is 0 Å². The van der Waals surface area contributed by atoms with E-state index in [9.17, 15) is 18.6 Å². The van der Waals surface area contributed by atoms with Gasteiger partial charge in [-0.25, -0.2) is 8.42 Å². The maximum absolute atomic E-state index is 13.6. The van der Waals surface area contributed by atoms with E-state index in [1.807, 2.05) is 62.4 Å². The van der Waals surface area contributed by atoms with Crippen LogP contribution in [0.3, 0.4) is 0 Å². The molecule has 6 aromatic rings. The third-order valence-electron chi connectivity index (χ3n) is 10.7. The van der Waals surface area contributed by atoms with E-state index in [4.69, 9.17) is 9.47 Å². The van der Waals surface area contributed by atoms with E-state index < -0.39 is 21.0 Å². The Morgan fingerprint density at radius 1 is 0.418 bits per heavy atom. The lowest BCUT2D eigenvalue weighted by molar-refractivity contribution is 0.0785. The summed E-state index contributed by atoms with van der Waals surface area (Å²) < 4.78 is 39.6. The van der Waals surface area contributed by atoms with Crippen LogP contribution in [-0.2, 0) is 31.9 Å². The molecule has 0 radical (unpaired) electrons. The Balaban J connectivity index is 1.08. The lowest BCUT2D eigenvalue weighted by Gasteiger charge is -2.30. The number of hydrogen-bond acceptors (Lipinski definition) is 6. The fraction of sp³-hybridized carbons (Fsp3) is 0.250.